The SMILES string of the molecule is CCNCC1CCCCN1c1cccc(OC)n1. The van der Waals surface area contributed by atoms with E-state index in [1.165, 1.54) is 19.3 Å². The molecule has 100 valence electrons. The van der Waals surface area contributed by atoms with Crippen LogP contribution in [0.25, 0.3) is 0 Å². The molecule has 1 fully saturated rings. The van der Waals surface area contributed by atoms with Crippen LogP contribution < -0.4 is 15.0 Å². The van der Waals surface area contributed by atoms with Crippen molar-refractivity contribution in [3.63, 3.8) is 0 Å². The van der Waals surface area contributed by atoms with Crippen LogP contribution in [-0.4, -0.2) is 37.8 Å². The van der Waals surface area contributed by atoms with E-state index < -0.39 is 0 Å². The average molecular weight is 249 g/mol. The van der Waals surface area contributed by atoms with Crippen LogP contribution in [0.2, 0.25) is 0 Å². The molecule has 2 rings (SSSR count). The molecule has 1 aromatic heterocycles. The first kappa shape index (κ1) is 13.1. The lowest BCUT2D eigenvalue weighted by Crippen LogP contribution is -2.46. The molecule has 0 aliphatic carbocycles. The van der Waals surface area contributed by atoms with Crippen LogP contribution in [0.1, 0.15) is 26.2 Å². The van der Waals surface area contributed by atoms with E-state index in [9.17, 15) is 0 Å². The first-order valence-electron chi connectivity index (χ1n) is 6.83. The fourth-order valence-corrected chi connectivity index (χ4v) is 2.50. The van der Waals surface area contributed by atoms with Gasteiger partial charge in [-0.3, -0.25) is 0 Å². The molecule has 0 radical (unpaired) electrons. The Labute approximate surface area is 109 Å². The monoisotopic (exact) mass is 249 g/mol. The van der Waals surface area contributed by atoms with Crippen LogP contribution in [0.3, 0.4) is 0 Å². The molecule has 1 aromatic rings. The number of piperidine rings is 1. The second-order valence-corrected chi connectivity index (χ2v) is 4.69. The van der Waals surface area contributed by atoms with Crippen LogP contribution in [-0.2, 0) is 0 Å². The Morgan fingerprint density at radius 1 is 1.44 bits per heavy atom. The molecule has 1 N–H and O–H groups in total. The van der Waals surface area contributed by atoms with Gasteiger partial charge in [0.25, 0.3) is 0 Å². The third-order valence-electron chi connectivity index (χ3n) is 3.47. The molecular weight excluding hydrogens is 226 g/mol. The smallest absolute Gasteiger partial charge is 0.214 e. The zero-order valence-corrected chi connectivity index (χ0v) is 11.4. The molecule has 1 atom stereocenters. The first-order chi connectivity index (χ1) is 8.85. The Bertz CT molecular complexity index is 370. The minimum Gasteiger partial charge on any atom is -0.481 e. The molecule has 2 heterocycles. The number of rotatable bonds is 5. The number of hydrogen-bond acceptors (Lipinski definition) is 4. The number of likely N-dealkylation sites (N-methyl/N-ethyl adjacent to an activating group) is 1. The van der Waals surface area contributed by atoms with Gasteiger partial charge in [0, 0.05) is 25.2 Å². The standard InChI is InChI=1S/C14H23N3O/c1-3-15-11-12-7-4-5-10-17(12)13-8-6-9-14(16-13)18-2/h6,8-9,12,15H,3-5,7,10-11H2,1-2H3. The van der Waals surface area contributed by atoms with Crippen molar-refractivity contribution in [3.8, 4) is 5.88 Å². The van der Waals surface area contributed by atoms with Crippen LogP contribution in [0.5, 0.6) is 5.88 Å². The molecule has 0 spiro atoms. The van der Waals surface area contributed by atoms with Crippen molar-refractivity contribution in [1.29, 1.82) is 0 Å². The third kappa shape index (κ3) is 3.13. The van der Waals surface area contributed by atoms with Crippen LogP contribution in [0.15, 0.2) is 18.2 Å². The van der Waals surface area contributed by atoms with Gasteiger partial charge in [-0.1, -0.05) is 13.0 Å². The number of pyridine rings is 1. The number of hydrogen-bond donors (Lipinski definition) is 1. The van der Waals surface area contributed by atoms with Gasteiger partial charge >= 0.3 is 0 Å². The van der Waals surface area contributed by atoms with Crippen molar-refractivity contribution in [2.24, 2.45) is 0 Å². The molecule has 0 saturated carbocycles. The Kier molecular flexibility index (Phi) is 4.81. The fraction of sp³-hybridized carbons (Fsp3) is 0.643. The van der Waals surface area contributed by atoms with Gasteiger partial charge in [0.2, 0.25) is 5.88 Å². The summed E-state index contributed by atoms with van der Waals surface area (Å²) in [6.07, 6.45) is 3.81. The molecule has 0 amide bonds. The molecule has 1 saturated heterocycles. The summed E-state index contributed by atoms with van der Waals surface area (Å²) in [5.41, 5.74) is 0. The highest BCUT2D eigenvalue weighted by Crippen LogP contribution is 2.24. The van der Waals surface area contributed by atoms with Crippen LogP contribution in [0.4, 0.5) is 5.82 Å². The van der Waals surface area contributed by atoms with Crippen molar-refractivity contribution in [3.05, 3.63) is 18.2 Å². The van der Waals surface area contributed by atoms with Gasteiger partial charge in [-0.2, -0.15) is 4.98 Å². The van der Waals surface area contributed by atoms with E-state index >= 15 is 0 Å². The van der Waals surface area contributed by atoms with Gasteiger partial charge in [0.15, 0.2) is 0 Å². The lowest BCUT2D eigenvalue weighted by molar-refractivity contribution is 0.394. The highest BCUT2D eigenvalue weighted by molar-refractivity contribution is 5.42. The third-order valence-corrected chi connectivity index (χ3v) is 3.47. The Morgan fingerprint density at radius 2 is 2.33 bits per heavy atom. The van der Waals surface area contributed by atoms with Gasteiger partial charge in [0.05, 0.1) is 7.11 Å². The van der Waals surface area contributed by atoms with Crippen molar-refractivity contribution < 1.29 is 4.74 Å². The van der Waals surface area contributed by atoms with Crippen molar-refractivity contribution in [2.75, 3.05) is 31.6 Å². The summed E-state index contributed by atoms with van der Waals surface area (Å²) in [7, 11) is 1.67. The highest BCUT2D eigenvalue weighted by atomic mass is 16.5. The molecule has 4 heteroatoms. The molecule has 1 unspecified atom stereocenters. The summed E-state index contributed by atoms with van der Waals surface area (Å²) >= 11 is 0. The molecule has 1 aliphatic heterocycles. The summed E-state index contributed by atoms with van der Waals surface area (Å²) < 4.78 is 5.21. The first-order valence-corrected chi connectivity index (χ1v) is 6.83. The van der Waals surface area contributed by atoms with Gasteiger partial charge in [0.1, 0.15) is 5.82 Å². The minimum absolute atomic E-state index is 0.554. The number of methoxy groups -OCH3 is 1. The number of anilines is 1. The maximum absolute atomic E-state index is 5.21. The molecule has 1 aliphatic rings. The number of nitrogens with one attached hydrogen (secondary N) is 1. The highest BCUT2D eigenvalue weighted by Gasteiger charge is 2.23. The van der Waals surface area contributed by atoms with E-state index in [0.717, 1.165) is 25.5 Å². The van der Waals surface area contributed by atoms with E-state index in [-0.39, 0.29) is 0 Å². The normalized spacial score (nSPS) is 19.9. The van der Waals surface area contributed by atoms with Gasteiger partial charge < -0.3 is 15.0 Å². The predicted molar refractivity (Wildman–Crippen MR) is 74.3 cm³/mol. The fourth-order valence-electron chi connectivity index (χ4n) is 2.50. The zero-order chi connectivity index (χ0) is 12.8. The van der Waals surface area contributed by atoms with Gasteiger partial charge in [-0.15, -0.1) is 0 Å². The molecule has 0 bridgehead atoms. The van der Waals surface area contributed by atoms with Crippen molar-refractivity contribution in [2.45, 2.75) is 32.2 Å². The maximum Gasteiger partial charge on any atom is 0.214 e. The Hall–Kier alpha value is -1.29. The van der Waals surface area contributed by atoms with Crippen LogP contribution >= 0.6 is 0 Å². The average Bonchev–Trinajstić information content (AvgIpc) is 2.45. The summed E-state index contributed by atoms with van der Waals surface area (Å²) in [5, 5.41) is 3.45. The van der Waals surface area contributed by atoms with E-state index in [1.807, 2.05) is 12.1 Å². The summed E-state index contributed by atoms with van der Waals surface area (Å²) in [5.74, 6) is 1.73. The summed E-state index contributed by atoms with van der Waals surface area (Å²) in [6.45, 7) is 5.30. The second-order valence-electron chi connectivity index (χ2n) is 4.69. The second kappa shape index (κ2) is 6.59. The van der Waals surface area contributed by atoms with E-state index in [0.29, 0.717) is 11.9 Å². The van der Waals surface area contributed by atoms with Crippen molar-refractivity contribution >= 4 is 5.82 Å². The molecule has 0 aromatic carbocycles. The largest absolute Gasteiger partial charge is 0.481 e. The minimum atomic E-state index is 0.554. The lowest BCUT2D eigenvalue weighted by Gasteiger charge is -2.36. The van der Waals surface area contributed by atoms with E-state index in [1.54, 1.807) is 7.11 Å². The topological polar surface area (TPSA) is 37.4 Å². The quantitative estimate of drug-likeness (QED) is 0.866. The number of aromatic nitrogens is 1. The Balaban J connectivity index is 2.11. The summed E-state index contributed by atoms with van der Waals surface area (Å²) in [6, 6.07) is 6.54. The predicted octanol–water partition coefficient (Wildman–Crippen LogP) is 2.06. The van der Waals surface area contributed by atoms with E-state index in [4.69, 9.17) is 4.74 Å². The maximum atomic E-state index is 5.21. The Morgan fingerprint density at radius 3 is 3.11 bits per heavy atom. The molecule has 4 nitrogen and oxygen atoms in total. The molecule has 18 heavy (non-hydrogen) atoms. The van der Waals surface area contributed by atoms with Gasteiger partial charge in [-0.25, -0.2) is 0 Å². The van der Waals surface area contributed by atoms with Crippen LogP contribution in [0, 0.1) is 0 Å². The summed E-state index contributed by atoms with van der Waals surface area (Å²) in [4.78, 5) is 6.96. The molecular formula is C14H23N3O. The lowest BCUT2D eigenvalue weighted by atomic mass is 10.0. The number of nitrogens with zero attached hydrogens (tertiary/aromatic N) is 2. The van der Waals surface area contributed by atoms with Crippen molar-refractivity contribution in [1.82, 2.24) is 10.3 Å². The zero-order valence-electron chi connectivity index (χ0n) is 11.4. The van der Waals surface area contributed by atoms with Gasteiger partial charge in [-0.05, 0) is 31.9 Å². The van der Waals surface area contributed by atoms with E-state index in [2.05, 4.69) is 28.2 Å². The number of ether oxygens (including phenoxy) is 1.